The number of anilines is 2. The molecule has 4 rings (SSSR count). The first-order valence-corrected chi connectivity index (χ1v) is 7.29. The van der Waals surface area contributed by atoms with Crippen molar-refractivity contribution in [3.8, 4) is 11.6 Å². The van der Waals surface area contributed by atoms with Crippen LogP contribution in [0.3, 0.4) is 0 Å². The van der Waals surface area contributed by atoms with Crippen LogP contribution in [0.2, 0.25) is 0 Å². The molecule has 0 aliphatic rings. The Morgan fingerprint density at radius 1 is 1.00 bits per heavy atom. The molecule has 0 bridgehead atoms. The maximum atomic E-state index is 11.1. The number of aromatic amines is 2. The van der Waals surface area contributed by atoms with Gasteiger partial charge >= 0.3 is 0 Å². The van der Waals surface area contributed by atoms with Gasteiger partial charge in [0.05, 0.1) is 5.69 Å². The molecule has 7 nitrogen and oxygen atoms in total. The van der Waals surface area contributed by atoms with Crippen LogP contribution in [-0.2, 0) is 0 Å². The SMILES string of the molecule is O=c1ccc(Nc2cc(Oc3ccc4[nH]ccc4c3)ncn2)c[nH]1. The van der Waals surface area contributed by atoms with Crippen molar-refractivity contribution in [2.45, 2.75) is 0 Å². The van der Waals surface area contributed by atoms with E-state index in [9.17, 15) is 4.79 Å². The van der Waals surface area contributed by atoms with Gasteiger partial charge in [-0.25, -0.2) is 9.97 Å². The number of pyridine rings is 1. The number of hydrogen-bond donors (Lipinski definition) is 3. The zero-order chi connectivity index (χ0) is 16.4. The van der Waals surface area contributed by atoms with Crippen LogP contribution in [0.5, 0.6) is 11.6 Å². The second-order valence-electron chi connectivity index (χ2n) is 5.14. The summed E-state index contributed by atoms with van der Waals surface area (Å²) in [4.78, 5) is 25.1. The Morgan fingerprint density at radius 3 is 2.83 bits per heavy atom. The number of ether oxygens (including phenoxy) is 1. The zero-order valence-corrected chi connectivity index (χ0v) is 12.5. The van der Waals surface area contributed by atoms with Crippen molar-refractivity contribution in [2.24, 2.45) is 0 Å². The highest BCUT2D eigenvalue weighted by Gasteiger charge is 2.04. The molecule has 4 aromatic rings. The third kappa shape index (κ3) is 2.95. The number of aromatic nitrogens is 4. The molecule has 0 unspecified atom stereocenters. The van der Waals surface area contributed by atoms with E-state index in [4.69, 9.17) is 4.74 Å². The maximum absolute atomic E-state index is 11.1. The van der Waals surface area contributed by atoms with Crippen LogP contribution < -0.4 is 15.6 Å². The summed E-state index contributed by atoms with van der Waals surface area (Å²) in [5.74, 6) is 1.68. The summed E-state index contributed by atoms with van der Waals surface area (Å²) in [5.41, 5.74) is 1.60. The van der Waals surface area contributed by atoms with Crippen LogP contribution in [0.4, 0.5) is 11.5 Å². The third-order valence-electron chi connectivity index (χ3n) is 3.45. The molecule has 3 aromatic heterocycles. The number of rotatable bonds is 4. The predicted molar refractivity (Wildman–Crippen MR) is 90.8 cm³/mol. The highest BCUT2D eigenvalue weighted by atomic mass is 16.5. The van der Waals surface area contributed by atoms with Crippen LogP contribution in [0.1, 0.15) is 0 Å². The lowest BCUT2D eigenvalue weighted by molar-refractivity contribution is 0.462. The summed E-state index contributed by atoms with van der Waals surface area (Å²) in [6, 6.07) is 12.5. The summed E-state index contributed by atoms with van der Waals surface area (Å²) >= 11 is 0. The minimum atomic E-state index is -0.160. The molecular weight excluding hydrogens is 306 g/mol. The lowest BCUT2D eigenvalue weighted by Crippen LogP contribution is -2.03. The molecule has 0 aliphatic carbocycles. The summed E-state index contributed by atoms with van der Waals surface area (Å²) in [5, 5.41) is 4.14. The molecule has 0 amide bonds. The van der Waals surface area contributed by atoms with E-state index < -0.39 is 0 Å². The molecule has 3 heterocycles. The number of hydrogen-bond acceptors (Lipinski definition) is 5. The molecular formula is C17H13N5O2. The Hall–Kier alpha value is -3.61. The minimum absolute atomic E-state index is 0.160. The van der Waals surface area contributed by atoms with E-state index in [0.717, 1.165) is 10.9 Å². The van der Waals surface area contributed by atoms with E-state index in [1.165, 1.54) is 12.4 Å². The van der Waals surface area contributed by atoms with Crippen molar-refractivity contribution in [3.05, 3.63) is 71.5 Å². The van der Waals surface area contributed by atoms with Crippen molar-refractivity contribution in [2.75, 3.05) is 5.32 Å². The summed E-state index contributed by atoms with van der Waals surface area (Å²) in [6.07, 6.45) is 4.87. The fourth-order valence-electron chi connectivity index (χ4n) is 2.32. The second kappa shape index (κ2) is 5.88. The second-order valence-corrected chi connectivity index (χ2v) is 5.14. The Bertz CT molecular complexity index is 1030. The average molecular weight is 319 g/mol. The molecule has 0 spiro atoms. The van der Waals surface area contributed by atoms with Crippen LogP contribution in [0.25, 0.3) is 10.9 Å². The maximum Gasteiger partial charge on any atom is 0.248 e. The fraction of sp³-hybridized carbons (Fsp3) is 0. The smallest absolute Gasteiger partial charge is 0.248 e. The highest BCUT2D eigenvalue weighted by Crippen LogP contribution is 2.25. The molecule has 0 radical (unpaired) electrons. The summed E-state index contributed by atoms with van der Waals surface area (Å²) in [6.45, 7) is 0. The van der Waals surface area contributed by atoms with Gasteiger partial charge in [0.15, 0.2) is 0 Å². The molecule has 7 heteroatoms. The molecule has 0 fully saturated rings. The van der Waals surface area contributed by atoms with Gasteiger partial charge in [-0.05, 0) is 30.3 Å². The van der Waals surface area contributed by atoms with Gasteiger partial charge < -0.3 is 20.0 Å². The normalized spacial score (nSPS) is 10.7. The minimum Gasteiger partial charge on any atom is -0.439 e. The van der Waals surface area contributed by atoms with E-state index in [1.54, 1.807) is 18.3 Å². The first kappa shape index (κ1) is 14.0. The summed E-state index contributed by atoms with van der Waals surface area (Å²) in [7, 11) is 0. The predicted octanol–water partition coefficient (Wildman–Crippen LogP) is 3.18. The van der Waals surface area contributed by atoms with Gasteiger partial charge in [0.1, 0.15) is 17.9 Å². The quantitative estimate of drug-likeness (QED) is 0.537. The van der Waals surface area contributed by atoms with Crippen LogP contribution in [0, 0.1) is 0 Å². The molecule has 0 saturated heterocycles. The topological polar surface area (TPSA) is 95.7 Å². The van der Waals surface area contributed by atoms with E-state index in [-0.39, 0.29) is 5.56 Å². The van der Waals surface area contributed by atoms with Gasteiger partial charge in [0.25, 0.3) is 0 Å². The van der Waals surface area contributed by atoms with E-state index >= 15 is 0 Å². The van der Waals surface area contributed by atoms with Gasteiger partial charge in [0.2, 0.25) is 11.4 Å². The third-order valence-corrected chi connectivity index (χ3v) is 3.45. The Kier molecular flexibility index (Phi) is 3.43. The Balaban J connectivity index is 1.55. The van der Waals surface area contributed by atoms with Gasteiger partial charge in [-0.3, -0.25) is 4.79 Å². The monoisotopic (exact) mass is 319 g/mol. The average Bonchev–Trinajstić information content (AvgIpc) is 3.05. The van der Waals surface area contributed by atoms with E-state index in [2.05, 4.69) is 25.3 Å². The van der Waals surface area contributed by atoms with Gasteiger partial charge in [-0.1, -0.05) is 0 Å². The van der Waals surface area contributed by atoms with E-state index in [0.29, 0.717) is 23.1 Å². The lowest BCUT2D eigenvalue weighted by Gasteiger charge is -2.08. The number of fused-ring (bicyclic) bond motifs is 1. The lowest BCUT2D eigenvalue weighted by atomic mass is 10.2. The first-order chi connectivity index (χ1) is 11.8. The molecule has 0 aliphatic heterocycles. The van der Waals surface area contributed by atoms with Crippen LogP contribution >= 0.6 is 0 Å². The summed E-state index contributed by atoms with van der Waals surface area (Å²) < 4.78 is 5.79. The molecule has 3 N–H and O–H groups in total. The van der Waals surface area contributed by atoms with Crippen molar-refractivity contribution in [1.82, 2.24) is 19.9 Å². The number of nitrogens with zero attached hydrogens (tertiary/aromatic N) is 2. The molecule has 1 aromatic carbocycles. The molecule has 118 valence electrons. The molecule has 0 atom stereocenters. The molecule has 0 saturated carbocycles. The first-order valence-electron chi connectivity index (χ1n) is 7.29. The van der Waals surface area contributed by atoms with Crippen LogP contribution in [0.15, 0.2) is 66.0 Å². The standard InChI is InChI=1S/C17H13N5O2/c23-16-4-1-12(9-19-16)22-15-8-17(21-10-20-15)24-13-2-3-14-11(7-13)5-6-18-14/h1-10,18H,(H,19,23)(H,20,21,22). The highest BCUT2D eigenvalue weighted by molar-refractivity contribution is 5.80. The van der Waals surface area contributed by atoms with Gasteiger partial charge in [0, 0.05) is 35.4 Å². The zero-order valence-electron chi connectivity index (χ0n) is 12.5. The number of H-pyrrole nitrogens is 2. The Morgan fingerprint density at radius 2 is 1.96 bits per heavy atom. The van der Waals surface area contributed by atoms with Crippen molar-refractivity contribution >= 4 is 22.4 Å². The van der Waals surface area contributed by atoms with Gasteiger partial charge in [-0.15, -0.1) is 0 Å². The number of nitrogens with one attached hydrogen (secondary N) is 3. The Labute approximate surface area is 136 Å². The fourth-order valence-corrected chi connectivity index (χ4v) is 2.32. The van der Waals surface area contributed by atoms with Crippen molar-refractivity contribution in [3.63, 3.8) is 0 Å². The molecule has 24 heavy (non-hydrogen) atoms. The van der Waals surface area contributed by atoms with Crippen molar-refractivity contribution < 1.29 is 4.74 Å². The van der Waals surface area contributed by atoms with Crippen LogP contribution in [-0.4, -0.2) is 19.9 Å². The largest absolute Gasteiger partial charge is 0.439 e. The number of benzene rings is 1. The van der Waals surface area contributed by atoms with Gasteiger partial charge in [-0.2, -0.15) is 0 Å². The van der Waals surface area contributed by atoms with Crippen molar-refractivity contribution in [1.29, 1.82) is 0 Å². The van der Waals surface area contributed by atoms with E-state index in [1.807, 2.05) is 30.5 Å².